The smallest absolute Gasteiger partial charge is 0.322 e. The Kier molecular flexibility index (Phi) is 7.41. The molecule has 5 nitrogen and oxygen atoms in total. The molecule has 2 atom stereocenters. The molecular weight excluding hydrogens is 446 g/mol. The van der Waals surface area contributed by atoms with Gasteiger partial charge >= 0.3 is 6.03 Å². The number of nitrogens with one attached hydrogen (secondary N) is 1. The summed E-state index contributed by atoms with van der Waals surface area (Å²) in [5, 5.41) is 3.76. The number of benzene rings is 2. The first-order chi connectivity index (χ1) is 16.7. The number of nitrogens with zero attached hydrogens (tertiary/aromatic N) is 2. The van der Waals surface area contributed by atoms with Crippen molar-refractivity contribution in [3.8, 4) is 5.75 Å². The summed E-state index contributed by atoms with van der Waals surface area (Å²) in [7, 11) is 0. The van der Waals surface area contributed by atoms with Gasteiger partial charge in [0.1, 0.15) is 5.75 Å². The molecule has 180 valence electrons. The van der Waals surface area contributed by atoms with Crippen LogP contribution in [0, 0.1) is 5.92 Å². The van der Waals surface area contributed by atoms with Gasteiger partial charge in [-0.3, -0.25) is 4.90 Å². The molecule has 3 aliphatic rings. The van der Waals surface area contributed by atoms with Gasteiger partial charge in [-0.1, -0.05) is 36.2 Å². The third-order valence-corrected chi connectivity index (χ3v) is 7.76. The molecule has 5 rings (SSSR count). The Balaban J connectivity index is 1.10. The number of hydrogen-bond acceptors (Lipinski definition) is 3. The van der Waals surface area contributed by atoms with Crippen LogP contribution in [0.2, 0.25) is 5.02 Å². The van der Waals surface area contributed by atoms with Crippen LogP contribution >= 0.6 is 11.6 Å². The molecule has 34 heavy (non-hydrogen) atoms. The number of carbonyl (C=O) groups excluding carboxylic acids is 1. The van der Waals surface area contributed by atoms with Crippen molar-refractivity contribution < 1.29 is 9.53 Å². The van der Waals surface area contributed by atoms with Gasteiger partial charge in [0.2, 0.25) is 0 Å². The van der Waals surface area contributed by atoms with Crippen LogP contribution in [0.25, 0.3) is 5.57 Å². The van der Waals surface area contributed by atoms with Crippen molar-refractivity contribution in [2.75, 3.05) is 38.1 Å². The second kappa shape index (κ2) is 10.8. The molecular formula is C28H34ClN3O2. The van der Waals surface area contributed by atoms with Crippen LogP contribution in [0.4, 0.5) is 10.5 Å². The van der Waals surface area contributed by atoms with E-state index in [4.69, 9.17) is 16.3 Å². The second-order valence-electron chi connectivity index (χ2n) is 9.70. The van der Waals surface area contributed by atoms with Crippen LogP contribution in [-0.2, 0) is 0 Å². The SMILES string of the molecule is O=C(Nc1ccc(OC[C@@H]2CCCN3CCCC[C@H]23)cc1)N1CC=C(c2ccc(Cl)cc2)CC1. The van der Waals surface area contributed by atoms with Gasteiger partial charge in [-0.15, -0.1) is 0 Å². The van der Waals surface area contributed by atoms with Crippen LogP contribution < -0.4 is 10.1 Å². The van der Waals surface area contributed by atoms with E-state index in [0.717, 1.165) is 29.5 Å². The van der Waals surface area contributed by atoms with Crippen molar-refractivity contribution in [2.45, 2.75) is 44.6 Å². The number of hydrogen-bond donors (Lipinski definition) is 1. The topological polar surface area (TPSA) is 44.8 Å². The molecule has 0 spiro atoms. The summed E-state index contributed by atoms with van der Waals surface area (Å²) in [5.41, 5.74) is 3.22. The molecule has 3 heterocycles. The van der Waals surface area contributed by atoms with Crippen molar-refractivity contribution in [1.29, 1.82) is 0 Å². The van der Waals surface area contributed by atoms with Gasteiger partial charge in [-0.25, -0.2) is 4.79 Å². The van der Waals surface area contributed by atoms with Crippen LogP contribution in [0.15, 0.2) is 54.6 Å². The number of rotatable bonds is 5. The lowest BCUT2D eigenvalue weighted by atomic mass is 9.84. The molecule has 0 aliphatic carbocycles. The first-order valence-electron chi connectivity index (χ1n) is 12.6. The van der Waals surface area contributed by atoms with Gasteiger partial charge in [-0.2, -0.15) is 0 Å². The lowest BCUT2D eigenvalue weighted by Gasteiger charge is -2.44. The molecule has 2 saturated heterocycles. The summed E-state index contributed by atoms with van der Waals surface area (Å²) in [6.07, 6.45) is 9.51. The molecule has 0 unspecified atom stereocenters. The maximum absolute atomic E-state index is 12.7. The fourth-order valence-corrected chi connectivity index (χ4v) is 5.72. The normalized spacial score (nSPS) is 23.1. The Morgan fingerprint density at radius 2 is 1.76 bits per heavy atom. The molecule has 2 aromatic rings. The monoisotopic (exact) mass is 479 g/mol. The zero-order valence-corrected chi connectivity index (χ0v) is 20.5. The molecule has 6 heteroatoms. The van der Waals surface area contributed by atoms with Gasteiger partial charge < -0.3 is 15.0 Å². The highest BCUT2D eigenvalue weighted by Crippen LogP contribution is 2.31. The van der Waals surface area contributed by atoms with E-state index in [-0.39, 0.29) is 6.03 Å². The van der Waals surface area contributed by atoms with Gasteiger partial charge in [0, 0.05) is 35.8 Å². The van der Waals surface area contributed by atoms with Gasteiger partial charge in [-0.05, 0) is 92.7 Å². The minimum atomic E-state index is -0.0698. The van der Waals surface area contributed by atoms with Crippen LogP contribution in [-0.4, -0.2) is 54.7 Å². The Morgan fingerprint density at radius 3 is 2.53 bits per heavy atom. The van der Waals surface area contributed by atoms with Crippen molar-refractivity contribution in [2.24, 2.45) is 5.92 Å². The molecule has 2 fully saturated rings. The summed E-state index contributed by atoms with van der Waals surface area (Å²) in [6, 6.07) is 16.3. The lowest BCUT2D eigenvalue weighted by molar-refractivity contribution is 0.0366. The highest BCUT2D eigenvalue weighted by atomic mass is 35.5. The van der Waals surface area contributed by atoms with Gasteiger partial charge in [0.15, 0.2) is 0 Å². The fourth-order valence-electron chi connectivity index (χ4n) is 5.59. The van der Waals surface area contributed by atoms with Crippen molar-refractivity contribution in [3.63, 3.8) is 0 Å². The number of ether oxygens (including phenoxy) is 1. The van der Waals surface area contributed by atoms with E-state index >= 15 is 0 Å². The summed E-state index contributed by atoms with van der Waals surface area (Å²) in [4.78, 5) is 17.2. The Labute approximate surface area is 207 Å². The third-order valence-electron chi connectivity index (χ3n) is 7.51. The van der Waals surface area contributed by atoms with Gasteiger partial charge in [0.05, 0.1) is 6.61 Å². The Morgan fingerprint density at radius 1 is 0.971 bits per heavy atom. The number of urea groups is 1. The molecule has 2 aromatic carbocycles. The maximum atomic E-state index is 12.7. The minimum absolute atomic E-state index is 0.0698. The third kappa shape index (κ3) is 5.59. The maximum Gasteiger partial charge on any atom is 0.322 e. The summed E-state index contributed by atoms with van der Waals surface area (Å²) in [5.74, 6) is 1.50. The predicted molar refractivity (Wildman–Crippen MR) is 139 cm³/mol. The van der Waals surface area contributed by atoms with Gasteiger partial charge in [0.25, 0.3) is 0 Å². The average molecular weight is 480 g/mol. The van der Waals surface area contributed by atoms with E-state index in [9.17, 15) is 4.79 Å². The summed E-state index contributed by atoms with van der Waals surface area (Å²) < 4.78 is 6.17. The van der Waals surface area contributed by atoms with Crippen LogP contribution in [0.3, 0.4) is 0 Å². The Hall–Kier alpha value is -2.50. The van der Waals surface area contributed by atoms with E-state index in [1.165, 1.54) is 56.3 Å². The van der Waals surface area contributed by atoms with Crippen LogP contribution in [0.5, 0.6) is 5.75 Å². The first kappa shape index (κ1) is 23.3. The highest BCUT2D eigenvalue weighted by molar-refractivity contribution is 6.30. The van der Waals surface area contributed by atoms with E-state index in [0.29, 0.717) is 25.0 Å². The quantitative estimate of drug-likeness (QED) is 0.547. The van der Waals surface area contributed by atoms with Crippen molar-refractivity contribution >= 4 is 28.9 Å². The van der Waals surface area contributed by atoms with E-state index in [1.54, 1.807) is 0 Å². The largest absolute Gasteiger partial charge is 0.493 e. The standard InChI is InChI=1S/C28H34ClN3O2/c29-24-8-6-21(7-9-24)22-14-18-32(19-15-22)28(33)30-25-10-12-26(13-11-25)34-20-23-4-3-17-31-16-2-1-5-27(23)31/h6-14,23,27H,1-5,15-20H2,(H,30,33)/t23-,27+/m0/s1. The highest BCUT2D eigenvalue weighted by Gasteiger charge is 2.33. The molecule has 0 bridgehead atoms. The zero-order valence-electron chi connectivity index (χ0n) is 19.7. The van der Waals surface area contributed by atoms with E-state index < -0.39 is 0 Å². The number of amides is 2. The number of piperidine rings is 2. The second-order valence-corrected chi connectivity index (χ2v) is 10.1. The molecule has 0 aromatic heterocycles. The molecule has 2 amide bonds. The Bertz CT molecular complexity index is 1000. The molecule has 0 saturated carbocycles. The summed E-state index contributed by atoms with van der Waals surface area (Å²) in [6.45, 7) is 4.59. The number of halogens is 1. The van der Waals surface area contributed by atoms with Crippen LogP contribution in [0.1, 0.15) is 44.1 Å². The lowest BCUT2D eigenvalue weighted by Crippen LogP contribution is -2.49. The van der Waals surface area contributed by atoms with Crippen molar-refractivity contribution in [3.05, 3.63) is 65.2 Å². The van der Waals surface area contributed by atoms with E-state index in [2.05, 4.69) is 16.3 Å². The molecule has 3 aliphatic heterocycles. The van der Waals surface area contributed by atoms with E-state index in [1.807, 2.05) is 53.4 Å². The first-order valence-corrected chi connectivity index (χ1v) is 13.0. The predicted octanol–water partition coefficient (Wildman–Crippen LogP) is 6.30. The summed E-state index contributed by atoms with van der Waals surface area (Å²) >= 11 is 5.99. The number of anilines is 1. The molecule has 0 radical (unpaired) electrons. The average Bonchev–Trinajstić information content (AvgIpc) is 2.89. The van der Waals surface area contributed by atoms with Crippen molar-refractivity contribution in [1.82, 2.24) is 9.80 Å². The number of fused-ring (bicyclic) bond motifs is 1. The molecule has 1 N–H and O–H groups in total. The number of carbonyl (C=O) groups is 1. The fraction of sp³-hybridized carbons (Fsp3) is 0.464. The zero-order chi connectivity index (χ0) is 23.3. The minimum Gasteiger partial charge on any atom is -0.493 e.